The molecule has 0 heterocycles. The van der Waals surface area contributed by atoms with E-state index in [1.165, 1.54) is 5.56 Å². The number of methoxy groups -OCH3 is 1. The van der Waals surface area contributed by atoms with E-state index in [1.807, 2.05) is 33.0 Å². The van der Waals surface area contributed by atoms with Crippen LogP contribution >= 0.6 is 0 Å². The summed E-state index contributed by atoms with van der Waals surface area (Å²) in [6.45, 7) is 9.64. The Balaban J connectivity index is 2.84. The zero-order valence-electron chi connectivity index (χ0n) is 13.7. The van der Waals surface area contributed by atoms with Crippen LogP contribution in [-0.4, -0.2) is 26.8 Å². The van der Waals surface area contributed by atoms with Crippen molar-refractivity contribution in [3.05, 3.63) is 23.8 Å². The quantitative estimate of drug-likeness (QED) is 0.787. The summed E-state index contributed by atoms with van der Waals surface area (Å²) in [6.07, 6.45) is 2.25. The van der Waals surface area contributed by atoms with E-state index in [1.54, 1.807) is 7.11 Å². The largest absolute Gasteiger partial charge is 0.493 e. The Morgan fingerprint density at radius 1 is 1.25 bits per heavy atom. The van der Waals surface area contributed by atoms with Gasteiger partial charge in [-0.15, -0.1) is 0 Å². The number of hydrogen-bond donors (Lipinski definition) is 1. The van der Waals surface area contributed by atoms with Crippen LogP contribution in [0, 0.1) is 5.41 Å². The highest BCUT2D eigenvalue weighted by molar-refractivity contribution is 5.46. The van der Waals surface area contributed by atoms with Gasteiger partial charge in [-0.2, -0.15) is 0 Å². The number of nitrogens with one attached hydrogen (secondary N) is 1. The van der Waals surface area contributed by atoms with E-state index in [-0.39, 0.29) is 11.5 Å². The fourth-order valence-electron chi connectivity index (χ4n) is 2.38. The molecule has 1 rings (SSSR count). The number of benzene rings is 1. The highest BCUT2D eigenvalue weighted by Gasteiger charge is 2.19. The molecule has 0 fully saturated rings. The molecular weight excluding hydrogens is 250 g/mol. The molecule has 1 aromatic rings. The summed E-state index contributed by atoms with van der Waals surface area (Å²) in [5.41, 5.74) is 1.49. The van der Waals surface area contributed by atoms with Crippen molar-refractivity contribution in [2.75, 3.05) is 20.7 Å². The lowest BCUT2D eigenvalue weighted by atomic mass is 9.86. The van der Waals surface area contributed by atoms with E-state index in [4.69, 9.17) is 9.47 Å². The van der Waals surface area contributed by atoms with Crippen molar-refractivity contribution in [2.24, 2.45) is 5.41 Å². The second kappa shape index (κ2) is 7.53. The van der Waals surface area contributed by atoms with Crippen LogP contribution in [-0.2, 0) is 6.42 Å². The normalized spacial score (nSPS) is 11.8. The van der Waals surface area contributed by atoms with Gasteiger partial charge in [-0.1, -0.05) is 26.0 Å². The predicted octanol–water partition coefficient (Wildman–Crippen LogP) is 3.66. The van der Waals surface area contributed by atoms with Gasteiger partial charge in [-0.25, -0.2) is 0 Å². The number of rotatable bonds is 8. The van der Waals surface area contributed by atoms with Gasteiger partial charge in [0.15, 0.2) is 11.5 Å². The average Bonchev–Trinajstić information content (AvgIpc) is 2.36. The van der Waals surface area contributed by atoms with Crippen molar-refractivity contribution in [1.82, 2.24) is 5.32 Å². The third-order valence-electron chi connectivity index (χ3n) is 3.35. The number of ether oxygens (including phenoxy) is 2. The van der Waals surface area contributed by atoms with Crippen LogP contribution in [0.2, 0.25) is 0 Å². The molecule has 1 aromatic carbocycles. The third-order valence-corrected chi connectivity index (χ3v) is 3.35. The van der Waals surface area contributed by atoms with Crippen molar-refractivity contribution in [3.63, 3.8) is 0 Å². The molecular formula is C17H29NO2. The molecule has 114 valence electrons. The van der Waals surface area contributed by atoms with E-state index in [0.717, 1.165) is 30.9 Å². The van der Waals surface area contributed by atoms with E-state index in [0.29, 0.717) is 0 Å². The van der Waals surface area contributed by atoms with E-state index in [2.05, 4.69) is 25.2 Å². The lowest BCUT2D eigenvalue weighted by Crippen LogP contribution is -2.27. The maximum atomic E-state index is 5.82. The molecule has 0 aliphatic heterocycles. The van der Waals surface area contributed by atoms with E-state index in [9.17, 15) is 0 Å². The standard InChI is InChI=1S/C17H29NO2/c1-13(2)20-15-9-7-8-14(16(15)19-6)10-11-17(3,4)12-18-5/h7-9,13,18H,10-12H2,1-6H3. The molecule has 0 aliphatic rings. The minimum atomic E-state index is 0.153. The Labute approximate surface area is 123 Å². The van der Waals surface area contributed by atoms with Crippen LogP contribution < -0.4 is 14.8 Å². The van der Waals surface area contributed by atoms with Gasteiger partial charge in [0.2, 0.25) is 0 Å². The van der Waals surface area contributed by atoms with Gasteiger partial charge in [-0.3, -0.25) is 0 Å². The Kier molecular flexibility index (Phi) is 6.34. The maximum Gasteiger partial charge on any atom is 0.163 e. The molecule has 0 atom stereocenters. The van der Waals surface area contributed by atoms with Gasteiger partial charge in [0, 0.05) is 0 Å². The number of hydrogen-bond acceptors (Lipinski definition) is 3. The fourth-order valence-corrected chi connectivity index (χ4v) is 2.38. The average molecular weight is 279 g/mol. The molecule has 3 nitrogen and oxygen atoms in total. The lowest BCUT2D eigenvalue weighted by Gasteiger charge is -2.25. The van der Waals surface area contributed by atoms with Crippen LogP contribution in [0.1, 0.15) is 39.7 Å². The van der Waals surface area contributed by atoms with Crippen LogP contribution in [0.4, 0.5) is 0 Å². The van der Waals surface area contributed by atoms with Gasteiger partial charge < -0.3 is 14.8 Å². The minimum absolute atomic E-state index is 0.153. The van der Waals surface area contributed by atoms with Crippen LogP contribution in [0.25, 0.3) is 0 Å². The molecule has 0 spiro atoms. The Bertz CT molecular complexity index is 413. The maximum absolute atomic E-state index is 5.82. The Morgan fingerprint density at radius 3 is 2.50 bits per heavy atom. The second-order valence-corrected chi connectivity index (χ2v) is 6.31. The fraction of sp³-hybridized carbons (Fsp3) is 0.647. The lowest BCUT2D eigenvalue weighted by molar-refractivity contribution is 0.229. The molecule has 0 saturated heterocycles. The van der Waals surface area contributed by atoms with Crippen LogP contribution in [0.15, 0.2) is 18.2 Å². The van der Waals surface area contributed by atoms with Crippen molar-refractivity contribution >= 4 is 0 Å². The summed E-state index contributed by atoms with van der Waals surface area (Å²) in [7, 11) is 3.71. The summed E-state index contributed by atoms with van der Waals surface area (Å²) >= 11 is 0. The molecule has 3 heteroatoms. The molecule has 0 saturated carbocycles. The molecule has 1 N–H and O–H groups in total. The first-order valence-corrected chi connectivity index (χ1v) is 7.37. The SMILES string of the molecule is CNCC(C)(C)CCc1cccc(OC(C)C)c1OC. The van der Waals surface area contributed by atoms with Gasteiger partial charge in [-0.05, 0) is 57.3 Å². The second-order valence-electron chi connectivity index (χ2n) is 6.31. The zero-order chi connectivity index (χ0) is 15.2. The van der Waals surface area contributed by atoms with Gasteiger partial charge in [0.25, 0.3) is 0 Å². The van der Waals surface area contributed by atoms with Crippen molar-refractivity contribution < 1.29 is 9.47 Å². The molecule has 0 unspecified atom stereocenters. The number of para-hydroxylation sites is 1. The highest BCUT2D eigenvalue weighted by Crippen LogP contribution is 2.34. The molecule has 0 aromatic heterocycles. The highest BCUT2D eigenvalue weighted by atomic mass is 16.5. The summed E-state index contributed by atoms with van der Waals surface area (Å²) in [5, 5.41) is 3.25. The molecule has 0 radical (unpaired) electrons. The van der Waals surface area contributed by atoms with Crippen molar-refractivity contribution in [1.29, 1.82) is 0 Å². The van der Waals surface area contributed by atoms with E-state index >= 15 is 0 Å². The first kappa shape index (κ1) is 16.8. The summed E-state index contributed by atoms with van der Waals surface area (Å²) < 4.78 is 11.4. The first-order valence-electron chi connectivity index (χ1n) is 7.37. The topological polar surface area (TPSA) is 30.5 Å². The smallest absolute Gasteiger partial charge is 0.163 e. The summed E-state index contributed by atoms with van der Waals surface area (Å²) in [4.78, 5) is 0. The molecule has 0 amide bonds. The van der Waals surface area contributed by atoms with Gasteiger partial charge in [0.1, 0.15) is 0 Å². The first-order chi connectivity index (χ1) is 9.39. The Morgan fingerprint density at radius 2 is 1.95 bits per heavy atom. The monoisotopic (exact) mass is 279 g/mol. The summed E-state index contributed by atoms with van der Waals surface area (Å²) in [6, 6.07) is 6.14. The van der Waals surface area contributed by atoms with Crippen molar-refractivity contribution in [3.8, 4) is 11.5 Å². The van der Waals surface area contributed by atoms with Crippen LogP contribution in [0.5, 0.6) is 11.5 Å². The Hall–Kier alpha value is -1.22. The van der Waals surface area contributed by atoms with Gasteiger partial charge in [0.05, 0.1) is 13.2 Å². The molecule has 0 bridgehead atoms. The third kappa shape index (κ3) is 5.04. The molecule has 20 heavy (non-hydrogen) atoms. The molecule has 0 aliphatic carbocycles. The number of aryl methyl sites for hydroxylation is 1. The zero-order valence-corrected chi connectivity index (χ0v) is 13.7. The van der Waals surface area contributed by atoms with Crippen molar-refractivity contribution in [2.45, 2.75) is 46.6 Å². The minimum Gasteiger partial charge on any atom is -0.493 e. The van der Waals surface area contributed by atoms with E-state index < -0.39 is 0 Å². The predicted molar refractivity (Wildman–Crippen MR) is 84.8 cm³/mol. The van der Waals surface area contributed by atoms with Crippen LogP contribution in [0.3, 0.4) is 0 Å². The van der Waals surface area contributed by atoms with Gasteiger partial charge >= 0.3 is 0 Å². The summed E-state index contributed by atoms with van der Waals surface area (Å²) in [5.74, 6) is 1.72.